The van der Waals surface area contributed by atoms with Gasteiger partial charge in [0.25, 0.3) is 0 Å². The predicted octanol–water partition coefficient (Wildman–Crippen LogP) is 3.64. The van der Waals surface area contributed by atoms with E-state index in [0.717, 1.165) is 6.42 Å². The Morgan fingerprint density at radius 1 is 1.10 bits per heavy atom. The number of halogens is 2. The van der Waals surface area contributed by atoms with Crippen LogP contribution in [0.25, 0.3) is 0 Å². The summed E-state index contributed by atoms with van der Waals surface area (Å²) >= 11 is 7.30. The lowest BCUT2D eigenvalue weighted by molar-refractivity contribution is 0.677. The molecule has 0 bridgehead atoms. The second-order valence-electron chi connectivity index (χ2n) is 2.67. The van der Waals surface area contributed by atoms with Crippen molar-refractivity contribution in [1.82, 2.24) is 0 Å². The van der Waals surface area contributed by atoms with E-state index in [1.54, 1.807) is 0 Å². The van der Waals surface area contributed by atoms with Crippen molar-refractivity contribution in [2.45, 2.75) is 35.3 Å². The Morgan fingerprint density at radius 3 is 2.70 bits per heavy atom. The zero-order valence-corrected chi connectivity index (χ0v) is 9.07. The summed E-state index contributed by atoms with van der Waals surface area (Å²) in [5.41, 5.74) is 0. The molecule has 0 nitrogen and oxygen atoms in total. The lowest BCUT2D eigenvalue weighted by atomic mass is 10.1. The van der Waals surface area contributed by atoms with Crippen molar-refractivity contribution in [1.29, 1.82) is 0 Å². The molecule has 58 valence electrons. The molecule has 0 aromatic rings. The van der Waals surface area contributed by atoms with Crippen LogP contribution in [0.15, 0.2) is 12.2 Å². The molecular formula is C8H12Br2. The molecule has 0 spiro atoms. The Bertz CT molecular complexity index is 120. The third-order valence-electron chi connectivity index (χ3n) is 1.77. The molecule has 0 radical (unpaired) electrons. The van der Waals surface area contributed by atoms with Crippen molar-refractivity contribution in [2.24, 2.45) is 0 Å². The van der Waals surface area contributed by atoms with Gasteiger partial charge in [-0.25, -0.2) is 0 Å². The minimum absolute atomic E-state index is 0.629. The van der Waals surface area contributed by atoms with E-state index in [0.29, 0.717) is 9.65 Å². The van der Waals surface area contributed by atoms with Crippen molar-refractivity contribution < 1.29 is 0 Å². The fourth-order valence-corrected chi connectivity index (χ4v) is 2.12. The van der Waals surface area contributed by atoms with Gasteiger partial charge < -0.3 is 0 Å². The Hall–Kier alpha value is 0.700. The van der Waals surface area contributed by atoms with Crippen LogP contribution in [0.1, 0.15) is 25.7 Å². The van der Waals surface area contributed by atoms with Gasteiger partial charge in [-0.3, -0.25) is 0 Å². The number of rotatable bonds is 0. The number of hydrogen-bond acceptors (Lipinski definition) is 0. The number of alkyl halides is 2. The molecular weight excluding hydrogens is 256 g/mol. The largest absolute Gasteiger partial charge is 0.0885 e. The highest BCUT2D eigenvalue weighted by Gasteiger charge is 2.14. The summed E-state index contributed by atoms with van der Waals surface area (Å²) in [6.07, 6.45) is 9.58. The molecule has 0 heterocycles. The molecule has 0 amide bonds. The van der Waals surface area contributed by atoms with Crippen LogP contribution in [0.3, 0.4) is 0 Å². The number of hydrogen-bond donors (Lipinski definition) is 0. The second-order valence-corrected chi connectivity index (χ2v) is 5.02. The van der Waals surface area contributed by atoms with Gasteiger partial charge in [0.15, 0.2) is 0 Å². The quantitative estimate of drug-likeness (QED) is 0.464. The van der Waals surface area contributed by atoms with Gasteiger partial charge in [0.05, 0.1) is 0 Å². The maximum absolute atomic E-state index is 3.66. The van der Waals surface area contributed by atoms with Crippen LogP contribution in [0.2, 0.25) is 0 Å². The summed E-state index contributed by atoms with van der Waals surface area (Å²) in [5.74, 6) is 0. The first-order valence-corrected chi connectivity index (χ1v) is 5.57. The van der Waals surface area contributed by atoms with Crippen LogP contribution in [0.5, 0.6) is 0 Å². The molecule has 0 fully saturated rings. The topological polar surface area (TPSA) is 0 Å². The lowest BCUT2D eigenvalue weighted by Gasteiger charge is -2.16. The molecule has 2 atom stereocenters. The van der Waals surface area contributed by atoms with Crippen molar-refractivity contribution in [2.75, 3.05) is 0 Å². The molecule has 0 aromatic carbocycles. The molecule has 2 unspecified atom stereocenters. The van der Waals surface area contributed by atoms with E-state index in [2.05, 4.69) is 44.0 Å². The molecule has 0 saturated carbocycles. The van der Waals surface area contributed by atoms with Crippen LogP contribution < -0.4 is 0 Å². The third-order valence-corrected chi connectivity index (χ3v) is 4.59. The van der Waals surface area contributed by atoms with Gasteiger partial charge in [-0.15, -0.1) is 0 Å². The Kier molecular flexibility index (Phi) is 4.00. The second kappa shape index (κ2) is 4.55. The van der Waals surface area contributed by atoms with Crippen molar-refractivity contribution >= 4 is 31.9 Å². The Balaban J connectivity index is 2.41. The van der Waals surface area contributed by atoms with E-state index in [1.807, 2.05) is 0 Å². The van der Waals surface area contributed by atoms with Crippen LogP contribution in [-0.2, 0) is 0 Å². The summed E-state index contributed by atoms with van der Waals surface area (Å²) in [5, 5.41) is 0. The highest BCUT2D eigenvalue weighted by Crippen LogP contribution is 2.24. The fourth-order valence-electron chi connectivity index (χ4n) is 1.10. The highest BCUT2D eigenvalue weighted by molar-refractivity contribution is 9.12. The average molecular weight is 268 g/mol. The smallest absolute Gasteiger partial charge is 0.0305 e. The minimum Gasteiger partial charge on any atom is -0.0885 e. The average Bonchev–Trinajstić information content (AvgIpc) is 1.92. The zero-order valence-electron chi connectivity index (χ0n) is 5.89. The van der Waals surface area contributed by atoms with Gasteiger partial charge in [0, 0.05) is 9.65 Å². The van der Waals surface area contributed by atoms with Gasteiger partial charge in [0.2, 0.25) is 0 Å². The van der Waals surface area contributed by atoms with Crippen LogP contribution in [0, 0.1) is 0 Å². The minimum atomic E-state index is 0.629. The molecule has 0 aliphatic heterocycles. The van der Waals surface area contributed by atoms with E-state index >= 15 is 0 Å². The summed E-state index contributed by atoms with van der Waals surface area (Å²) in [4.78, 5) is 1.29. The van der Waals surface area contributed by atoms with Gasteiger partial charge in [0.1, 0.15) is 0 Å². The van der Waals surface area contributed by atoms with Gasteiger partial charge >= 0.3 is 0 Å². The van der Waals surface area contributed by atoms with E-state index in [1.165, 1.54) is 19.3 Å². The SMILES string of the molecule is BrC1CC=CCCCC1Br. The first-order chi connectivity index (χ1) is 4.80. The summed E-state index contributed by atoms with van der Waals surface area (Å²) in [7, 11) is 0. The maximum atomic E-state index is 3.66. The Morgan fingerprint density at radius 2 is 1.90 bits per heavy atom. The van der Waals surface area contributed by atoms with E-state index in [-0.39, 0.29) is 0 Å². The molecule has 2 heteroatoms. The monoisotopic (exact) mass is 266 g/mol. The highest BCUT2D eigenvalue weighted by atomic mass is 79.9. The normalized spacial score (nSPS) is 35.0. The van der Waals surface area contributed by atoms with E-state index in [9.17, 15) is 0 Å². The molecule has 10 heavy (non-hydrogen) atoms. The van der Waals surface area contributed by atoms with E-state index in [4.69, 9.17) is 0 Å². The predicted molar refractivity (Wildman–Crippen MR) is 53.0 cm³/mol. The first-order valence-electron chi connectivity index (χ1n) is 3.74. The van der Waals surface area contributed by atoms with Gasteiger partial charge in [-0.2, -0.15) is 0 Å². The third kappa shape index (κ3) is 2.75. The Labute approximate surface area is 79.3 Å². The number of allylic oxidation sites excluding steroid dienone is 2. The summed E-state index contributed by atoms with van der Waals surface area (Å²) in [6, 6.07) is 0. The lowest BCUT2D eigenvalue weighted by Crippen LogP contribution is -2.13. The van der Waals surface area contributed by atoms with Crippen LogP contribution in [0.4, 0.5) is 0 Å². The molecule has 1 aliphatic rings. The van der Waals surface area contributed by atoms with Crippen molar-refractivity contribution in [3.63, 3.8) is 0 Å². The first kappa shape index (κ1) is 8.79. The molecule has 0 N–H and O–H groups in total. The molecule has 0 aromatic heterocycles. The van der Waals surface area contributed by atoms with Crippen LogP contribution >= 0.6 is 31.9 Å². The fraction of sp³-hybridized carbons (Fsp3) is 0.750. The molecule has 1 aliphatic carbocycles. The van der Waals surface area contributed by atoms with Crippen molar-refractivity contribution in [3.05, 3.63) is 12.2 Å². The summed E-state index contributed by atoms with van der Waals surface area (Å²) in [6.45, 7) is 0. The van der Waals surface area contributed by atoms with Gasteiger partial charge in [-0.1, -0.05) is 44.0 Å². The zero-order chi connectivity index (χ0) is 7.40. The van der Waals surface area contributed by atoms with Crippen molar-refractivity contribution in [3.8, 4) is 0 Å². The standard InChI is InChI=1S/C8H12Br2/c9-7-5-3-1-2-4-6-8(7)10/h1,3,7-8H,2,4-6H2. The molecule has 0 saturated heterocycles. The maximum Gasteiger partial charge on any atom is 0.0305 e. The summed E-state index contributed by atoms with van der Waals surface area (Å²) < 4.78 is 0. The molecule has 1 rings (SSSR count). The van der Waals surface area contributed by atoms with E-state index < -0.39 is 0 Å². The van der Waals surface area contributed by atoms with Gasteiger partial charge in [-0.05, 0) is 25.7 Å². The van der Waals surface area contributed by atoms with Crippen LogP contribution in [-0.4, -0.2) is 9.65 Å².